The molecule has 112 valence electrons. The lowest BCUT2D eigenvalue weighted by Crippen LogP contribution is -2.40. The molecule has 0 atom stereocenters. The van der Waals surface area contributed by atoms with Crippen LogP contribution in [-0.2, 0) is 0 Å². The van der Waals surface area contributed by atoms with Gasteiger partial charge in [0.1, 0.15) is 0 Å². The van der Waals surface area contributed by atoms with Crippen LogP contribution in [0.25, 0.3) is 0 Å². The van der Waals surface area contributed by atoms with Gasteiger partial charge in [-0.25, -0.2) is 4.79 Å². The Hall–Kier alpha value is -2.06. The highest BCUT2D eigenvalue weighted by Gasteiger charge is 2.15. The summed E-state index contributed by atoms with van der Waals surface area (Å²) in [5.41, 5.74) is 1.17. The van der Waals surface area contributed by atoms with E-state index in [4.69, 9.17) is 5.26 Å². The summed E-state index contributed by atoms with van der Waals surface area (Å²) in [6, 6.07) is 8.72. The molecule has 2 N–H and O–H groups in total. The Morgan fingerprint density at radius 2 is 2.19 bits per heavy atom. The summed E-state index contributed by atoms with van der Waals surface area (Å²) in [7, 11) is 0. The monoisotopic (exact) mass is 286 g/mol. The number of amides is 2. The number of nitrogens with zero attached hydrogens (tertiary/aromatic N) is 2. The molecule has 1 heterocycles. The number of nitriles is 1. The fraction of sp³-hybridized carbons (Fsp3) is 0.500. The fourth-order valence-corrected chi connectivity index (χ4v) is 2.46. The fourth-order valence-electron chi connectivity index (χ4n) is 2.46. The standard InChI is InChI=1S/C16H22N4O/c1-13-5-8-20(9-6-13)10-7-18-16(21)19-15-4-2-3-14(11-15)12-17/h2-4,11,13H,5-10H2,1H3,(H2,18,19,21). The lowest BCUT2D eigenvalue weighted by molar-refractivity contribution is 0.192. The number of rotatable bonds is 4. The van der Waals surface area contributed by atoms with Crippen LogP contribution in [0.3, 0.4) is 0 Å². The van der Waals surface area contributed by atoms with E-state index >= 15 is 0 Å². The van der Waals surface area contributed by atoms with Gasteiger partial charge in [-0.05, 0) is 50.0 Å². The largest absolute Gasteiger partial charge is 0.337 e. The van der Waals surface area contributed by atoms with Crippen molar-refractivity contribution >= 4 is 11.7 Å². The summed E-state index contributed by atoms with van der Waals surface area (Å²) in [5, 5.41) is 14.4. The Labute approximate surface area is 125 Å². The van der Waals surface area contributed by atoms with Crippen LogP contribution in [0.5, 0.6) is 0 Å². The minimum Gasteiger partial charge on any atom is -0.337 e. The Kier molecular flexibility index (Phi) is 5.59. The molecule has 0 spiro atoms. The highest BCUT2D eigenvalue weighted by molar-refractivity contribution is 5.89. The van der Waals surface area contributed by atoms with E-state index in [1.165, 1.54) is 12.8 Å². The normalized spacial score (nSPS) is 16.2. The molecule has 1 aromatic rings. The van der Waals surface area contributed by atoms with E-state index in [9.17, 15) is 4.79 Å². The van der Waals surface area contributed by atoms with Gasteiger partial charge in [-0.2, -0.15) is 5.26 Å². The van der Waals surface area contributed by atoms with Gasteiger partial charge in [0.15, 0.2) is 0 Å². The van der Waals surface area contributed by atoms with Gasteiger partial charge in [0, 0.05) is 18.8 Å². The van der Waals surface area contributed by atoms with Crippen molar-refractivity contribution in [3.05, 3.63) is 29.8 Å². The van der Waals surface area contributed by atoms with Crippen LogP contribution in [0.2, 0.25) is 0 Å². The molecule has 0 aromatic heterocycles. The van der Waals surface area contributed by atoms with Crippen molar-refractivity contribution in [1.82, 2.24) is 10.2 Å². The Balaban J connectivity index is 1.69. The summed E-state index contributed by atoms with van der Waals surface area (Å²) in [5.74, 6) is 0.824. The molecule has 1 fully saturated rings. The van der Waals surface area contributed by atoms with Crippen LogP contribution in [0.4, 0.5) is 10.5 Å². The average molecular weight is 286 g/mol. The second-order valence-corrected chi connectivity index (χ2v) is 5.60. The number of carbonyl (C=O) groups is 1. The third-order valence-electron chi connectivity index (χ3n) is 3.84. The molecule has 2 rings (SSSR count). The van der Waals surface area contributed by atoms with Crippen molar-refractivity contribution < 1.29 is 4.79 Å². The number of urea groups is 1. The molecule has 2 amide bonds. The molecule has 0 bridgehead atoms. The predicted molar refractivity (Wildman–Crippen MR) is 83.0 cm³/mol. The highest BCUT2D eigenvalue weighted by atomic mass is 16.2. The second kappa shape index (κ2) is 7.65. The van der Waals surface area contributed by atoms with Crippen LogP contribution in [0.15, 0.2) is 24.3 Å². The molecule has 21 heavy (non-hydrogen) atoms. The molecule has 5 nitrogen and oxygen atoms in total. The van der Waals surface area contributed by atoms with E-state index in [1.807, 2.05) is 0 Å². The summed E-state index contributed by atoms with van der Waals surface area (Å²) < 4.78 is 0. The van der Waals surface area contributed by atoms with Crippen LogP contribution in [-0.4, -0.2) is 37.1 Å². The van der Waals surface area contributed by atoms with E-state index in [0.717, 1.165) is 25.6 Å². The third-order valence-corrected chi connectivity index (χ3v) is 3.84. The van der Waals surface area contributed by atoms with Gasteiger partial charge in [-0.1, -0.05) is 13.0 Å². The quantitative estimate of drug-likeness (QED) is 0.893. The van der Waals surface area contributed by atoms with Crippen LogP contribution < -0.4 is 10.6 Å². The van der Waals surface area contributed by atoms with Crippen molar-refractivity contribution in [1.29, 1.82) is 5.26 Å². The van der Waals surface area contributed by atoms with Gasteiger partial charge in [0.05, 0.1) is 11.6 Å². The Morgan fingerprint density at radius 3 is 2.90 bits per heavy atom. The van der Waals surface area contributed by atoms with E-state index in [0.29, 0.717) is 17.8 Å². The maximum absolute atomic E-state index is 11.8. The zero-order chi connectivity index (χ0) is 15.1. The molecule has 1 aliphatic rings. The van der Waals surface area contributed by atoms with Gasteiger partial charge < -0.3 is 15.5 Å². The molecule has 0 radical (unpaired) electrons. The van der Waals surface area contributed by atoms with Crippen molar-refractivity contribution in [2.24, 2.45) is 5.92 Å². The summed E-state index contributed by atoms with van der Waals surface area (Å²) in [6.45, 7) is 6.05. The van der Waals surface area contributed by atoms with Crippen molar-refractivity contribution in [2.75, 3.05) is 31.5 Å². The van der Waals surface area contributed by atoms with Gasteiger partial charge >= 0.3 is 6.03 Å². The number of hydrogen-bond acceptors (Lipinski definition) is 3. The van der Waals surface area contributed by atoms with Crippen LogP contribution in [0.1, 0.15) is 25.3 Å². The van der Waals surface area contributed by atoms with Crippen LogP contribution >= 0.6 is 0 Å². The molecular weight excluding hydrogens is 264 g/mol. The summed E-state index contributed by atoms with van der Waals surface area (Å²) in [4.78, 5) is 14.2. The van der Waals surface area contributed by atoms with Crippen molar-refractivity contribution in [3.8, 4) is 6.07 Å². The maximum Gasteiger partial charge on any atom is 0.319 e. The van der Waals surface area contributed by atoms with Crippen LogP contribution in [0, 0.1) is 17.2 Å². The predicted octanol–water partition coefficient (Wildman–Crippen LogP) is 2.41. The SMILES string of the molecule is CC1CCN(CCNC(=O)Nc2cccc(C#N)c2)CC1. The van der Waals surface area contributed by atoms with Crippen molar-refractivity contribution in [2.45, 2.75) is 19.8 Å². The summed E-state index contributed by atoms with van der Waals surface area (Å²) in [6.07, 6.45) is 2.49. The smallest absolute Gasteiger partial charge is 0.319 e. The number of anilines is 1. The molecule has 0 aliphatic carbocycles. The highest BCUT2D eigenvalue weighted by Crippen LogP contribution is 2.15. The number of benzene rings is 1. The number of hydrogen-bond donors (Lipinski definition) is 2. The number of piperidine rings is 1. The summed E-state index contributed by atoms with van der Waals surface area (Å²) >= 11 is 0. The molecule has 1 saturated heterocycles. The minimum absolute atomic E-state index is 0.226. The molecule has 5 heteroatoms. The Morgan fingerprint density at radius 1 is 1.43 bits per heavy atom. The number of nitrogens with one attached hydrogen (secondary N) is 2. The number of likely N-dealkylation sites (tertiary alicyclic amines) is 1. The zero-order valence-corrected chi connectivity index (χ0v) is 12.4. The topological polar surface area (TPSA) is 68.2 Å². The van der Waals surface area contributed by atoms with E-state index in [2.05, 4.69) is 28.5 Å². The van der Waals surface area contributed by atoms with Gasteiger partial charge in [0.2, 0.25) is 0 Å². The van der Waals surface area contributed by atoms with Gasteiger partial charge in [-0.15, -0.1) is 0 Å². The van der Waals surface area contributed by atoms with E-state index in [1.54, 1.807) is 24.3 Å². The molecular formula is C16H22N4O. The first-order chi connectivity index (χ1) is 10.2. The number of carbonyl (C=O) groups excluding carboxylic acids is 1. The van der Waals surface area contributed by atoms with Gasteiger partial charge in [-0.3, -0.25) is 0 Å². The van der Waals surface area contributed by atoms with Gasteiger partial charge in [0.25, 0.3) is 0 Å². The lowest BCUT2D eigenvalue weighted by Gasteiger charge is -2.30. The van der Waals surface area contributed by atoms with E-state index < -0.39 is 0 Å². The lowest BCUT2D eigenvalue weighted by atomic mass is 9.99. The zero-order valence-electron chi connectivity index (χ0n) is 12.4. The third kappa shape index (κ3) is 5.09. The first-order valence-electron chi connectivity index (χ1n) is 7.45. The maximum atomic E-state index is 11.8. The molecule has 1 aromatic carbocycles. The first-order valence-corrected chi connectivity index (χ1v) is 7.45. The molecule has 0 unspecified atom stereocenters. The first kappa shape index (κ1) is 15.3. The van der Waals surface area contributed by atoms with E-state index in [-0.39, 0.29) is 6.03 Å². The second-order valence-electron chi connectivity index (χ2n) is 5.60. The minimum atomic E-state index is -0.226. The van der Waals surface area contributed by atoms with Crippen molar-refractivity contribution in [3.63, 3.8) is 0 Å². The molecule has 0 saturated carbocycles. The Bertz CT molecular complexity index is 515. The molecule has 1 aliphatic heterocycles. The average Bonchev–Trinajstić information content (AvgIpc) is 2.49.